The topological polar surface area (TPSA) is 52.8 Å². The third-order valence-corrected chi connectivity index (χ3v) is 19.0. The van der Waals surface area contributed by atoms with E-state index in [9.17, 15) is 4.79 Å². The molecule has 83 heavy (non-hydrogen) atoms. The van der Waals surface area contributed by atoms with Crippen molar-refractivity contribution in [1.82, 2.24) is 17.9 Å². The fourth-order valence-electron chi connectivity index (χ4n) is 15.2. The molecule has 0 radical (unpaired) electrons. The highest BCUT2D eigenvalue weighted by molar-refractivity contribution is 6.24. The van der Waals surface area contributed by atoms with Gasteiger partial charge in [-0.05, 0) is 158 Å². The maximum absolute atomic E-state index is 15.4. The minimum absolute atomic E-state index is 0.00851. The number of aromatic nitrogens is 4. The second kappa shape index (κ2) is 15.8. The molecule has 0 fully saturated rings. The van der Waals surface area contributed by atoms with Gasteiger partial charge in [-0.2, -0.15) is 0 Å². The molecule has 12 aromatic carbocycles. The molecule has 0 spiro atoms. The summed E-state index contributed by atoms with van der Waals surface area (Å²) in [6.07, 6.45) is 0. The van der Waals surface area contributed by atoms with Gasteiger partial charge in [0.25, 0.3) is 11.1 Å². The summed E-state index contributed by atoms with van der Waals surface area (Å²) in [4.78, 5) is 29.5. The Morgan fingerprint density at radius 2 is 0.687 bits per heavy atom. The van der Waals surface area contributed by atoms with Gasteiger partial charge in [0.15, 0.2) is 0 Å². The summed E-state index contributed by atoms with van der Waals surface area (Å²) in [6, 6.07) is 87.1. The fourth-order valence-corrected chi connectivity index (χ4v) is 15.2. The van der Waals surface area contributed by atoms with Gasteiger partial charge in [-0.1, -0.05) is 153 Å². The van der Waals surface area contributed by atoms with Crippen molar-refractivity contribution in [2.45, 2.75) is 19.3 Å². The van der Waals surface area contributed by atoms with Crippen LogP contribution in [0, 0.1) is 0 Å². The van der Waals surface area contributed by atoms with E-state index in [4.69, 9.17) is 0 Å². The SMILES string of the molecule is CC1(C)c2ccccc2-n2c3ccccc3c3cc(-c4cc5c6ccc(-c7ccc8c9cc(-c%10cc%11c%12ccccc%12c(=O)n%12c%13ccccc%13c(c%10)c%11%12)ccc9n(-c9ccccc9)c8c7)cc6c(=O)n6c7ccccc7c(c4)c56)cc1c32. The zero-order valence-corrected chi connectivity index (χ0v) is 45.2. The van der Waals surface area contributed by atoms with Crippen LogP contribution >= 0.6 is 0 Å². The Hall–Kier alpha value is -10.8. The van der Waals surface area contributed by atoms with Crippen LogP contribution in [0.25, 0.3) is 164 Å². The molecule has 18 aromatic rings. The molecule has 0 atom stereocenters. The molecule has 0 unspecified atom stereocenters. The van der Waals surface area contributed by atoms with Crippen LogP contribution in [-0.4, -0.2) is 17.9 Å². The molecule has 0 saturated carbocycles. The number of rotatable bonds is 4. The Labute approximate surface area is 473 Å². The number of benzene rings is 12. The van der Waals surface area contributed by atoms with Crippen molar-refractivity contribution in [1.29, 1.82) is 0 Å². The summed E-state index contributed by atoms with van der Waals surface area (Å²) in [5, 5.41) is 14.4. The monoisotopic (exact) mass is 1060 g/mol. The Morgan fingerprint density at radius 1 is 0.265 bits per heavy atom. The predicted octanol–water partition coefficient (Wildman–Crippen LogP) is 18.5. The van der Waals surface area contributed by atoms with Gasteiger partial charge in [0.1, 0.15) is 0 Å². The van der Waals surface area contributed by atoms with Crippen LogP contribution in [0.3, 0.4) is 0 Å². The average Bonchev–Trinajstić information content (AvgIpc) is 2.46. The maximum atomic E-state index is 15.4. The lowest BCUT2D eigenvalue weighted by Crippen LogP contribution is -2.26. The van der Waals surface area contributed by atoms with Crippen molar-refractivity contribution >= 4 is 120 Å². The molecule has 1 aliphatic heterocycles. The minimum Gasteiger partial charge on any atom is -0.309 e. The Bertz CT molecular complexity index is 6070. The lowest BCUT2D eigenvalue weighted by molar-refractivity contribution is 0.630. The van der Waals surface area contributed by atoms with E-state index < -0.39 is 0 Å². The summed E-state index contributed by atoms with van der Waals surface area (Å²) in [5.74, 6) is 0. The predicted molar refractivity (Wildman–Crippen MR) is 345 cm³/mol. The van der Waals surface area contributed by atoms with E-state index >= 15 is 4.79 Å². The average molecular weight is 1060 g/mol. The standard InChI is InChI=1S/C77H46N4O2/c1-77(2)64-23-11-15-27-70(64)79-66-24-12-8-21-54(66)62-40-48(41-65(77)74(62)79)47-38-59-51-31-28-43(35-63(51)76(83)81-68-26-14-10-20-53(68)61(39-47)73(59)81)45-29-32-55-57-34-44(30-33-69(57)78(71(55)42-45)49-16-4-3-5-17-49)46-36-58-50-18-6-7-22-56(50)75(82)80-67-25-13-9-19-52(67)60(37-46)72(58)80/h3-42H,1-2H3. The van der Waals surface area contributed by atoms with Crippen LogP contribution in [0.5, 0.6) is 0 Å². The highest BCUT2D eigenvalue weighted by Gasteiger charge is 2.36. The summed E-state index contributed by atoms with van der Waals surface area (Å²) in [7, 11) is 0. The minimum atomic E-state index is -0.256. The number of hydrogen-bond donors (Lipinski definition) is 0. The van der Waals surface area contributed by atoms with E-state index in [1.54, 1.807) is 0 Å². The van der Waals surface area contributed by atoms with Gasteiger partial charge < -0.3 is 9.13 Å². The van der Waals surface area contributed by atoms with Crippen molar-refractivity contribution in [3.05, 3.63) is 274 Å². The number of nitrogens with zero attached hydrogens (tertiary/aromatic N) is 4. The van der Waals surface area contributed by atoms with Gasteiger partial charge in [0.05, 0.1) is 49.8 Å². The largest absolute Gasteiger partial charge is 0.309 e. The van der Waals surface area contributed by atoms with Crippen LogP contribution in [-0.2, 0) is 5.41 Å². The molecule has 0 saturated heterocycles. The summed E-state index contributed by atoms with van der Waals surface area (Å²) in [6.45, 7) is 4.73. The molecule has 6 nitrogen and oxygen atoms in total. The first-order valence-electron chi connectivity index (χ1n) is 28.6. The van der Waals surface area contributed by atoms with Crippen molar-refractivity contribution in [2.24, 2.45) is 0 Å². The Kier molecular flexibility index (Phi) is 8.53. The maximum Gasteiger partial charge on any atom is 0.263 e. The quantitative estimate of drug-likeness (QED) is 0.165. The lowest BCUT2D eigenvalue weighted by atomic mass is 9.74. The molecule has 19 rings (SSSR count). The number of hydrogen-bond acceptors (Lipinski definition) is 2. The van der Waals surface area contributed by atoms with E-state index in [1.807, 2.05) is 39.1 Å². The number of fused-ring (bicyclic) bond motifs is 18. The smallest absolute Gasteiger partial charge is 0.263 e. The van der Waals surface area contributed by atoms with Crippen molar-refractivity contribution in [3.8, 4) is 44.8 Å². The first-order valence-corrected chi connectivity index (χ1v) is 28.6. The van der Waals surface area contributed by atoms with Crippen LogP contribution in [0.4, 0.5) is 0 Å². The molecule has 1 aliphatic rings. The van der Waals surface area contributed by atoms with Gasteiger partial charge in [0, 0.05) is 75.7 Å². The molecular formula is C77H46N4O2. The van der Waals surface area contributed by atoms with Gasteiger partial charge in [0.2, 0.25) is 0 Å². The molecule has 386 valence electrons. The van der Waals surface area contributed by atoms with Crippen molar-refractivity contribution in [3.63, 3.8) is 0 Å². The normalized spacial score (nSPS) is 13.4. The van der Waals surface area contributed by atoms with Crippen molar-refractivity contribution < 1.29 is 0 Å². The summed E-state index contributed by atoms with van der Waals surface area (Å²) < 4.78 is 8.72. The van der Waals surface area contributed by atoms with Gasteiger partial charge in [-0.25, -0.2) is 0 Å². The first-order chi connectivity index (χ1) is 40.8. The van der Waals surface area contributed by atoms with E-state index in [0.717, 1.165) is 126 Å². The third-order valence-electron chi connectivity index (χ3n) is 19.0. The van der Waals surface area contributed by atoms with Gasteiger partial charge >= 0.3 is 0 Å². The highest BCUT2D eigenvalue weighted by Crippen LogP contribution is 2.50. The zero-order valence-electron chi connectivity index (χ0n) is 45.2. The summed E-state index contributed by atoms with van der Waals surface area (Å²) >= 11 is 0. The van der Waals surface area contributed by atoms with Gasteiger partial charge in [-0.3, -0.25) is 18.4 Å². The Balaban J connectivity index is 0.808. The highest BCUT2D eigenvalue weighted by atomic mass is 16.1. The molecule has 7 heterocycles. The van der Waals surface area contributed by atoms with Crippen molar-refractivity contribution in [2.75, 3.05) is 0 Å². The fraction of sp³-hybridized carbons (Fsp3) is 0.0390. The van der Waals surface area contributed by atoms with Crippen LogP contribution < -0.4 is 11.1 Å². The van der Waals surface area contributed by atoms with Crippen LogP contribution in [0.2, 0.25) is 0 Å². The van der Waals surface area contributed by atoms with Gasteiger partial charge in [-0.15, -0.1) is 0 Å². The molecule has 0 amide bonds. The molecule has 0 N–H and O–H groups in total. The number of pyridine rings is 2. The second-order valence-electron chi connectivity index (χ2n) is 23.5. The second-order valence-corrected chi connectivity index (χ2v) is 23.5. The lowest BCUT2D eigenvalue weighted by Gasteiger charge is -2.35. The van der Waals surface area contributed by atoms with Crippen LogP contribution in [0.1, 0.15) is 25.0 Å². The molecular weight excluding hydrogens is 1010 g/mol. The van der Waals surface area contributed by atoms with E-state index in [1.165, 1.54) is 38.6 Å². The molecule has 6 heteroatoms. The van der Waals surface area contributed by atoms with E-state index in [0.29, 0.717) is 10.8 Å². The molecule has 0 aliphatic carbocycles. The molecule has 6 aromatic heterocycles. The van der Waals surface area contributed by atoms with E-state index in [-0.39, 0.29) is 16.5 Å². The molecule has 0 bridgehead atoms. The van der Waals surface area contributed by atoms with E-state index in [2.05, 4.69) is 235 Å². The first kappa shape index (κ1) is 45.0. The zero-order chi connectivity index (χ0) is 54.7. The number of para-hydroxylation sites is 5. The summed E-state index contributed by atoms with van der Waals surface area (Å²) in [5.41, 5.74) is 19.5. The van der Waals surface area contributed by atoms with Crippen LogP contribution in [0.15, 0.2) is 252 Å². The Morgan fingerprint density at radius 3 is 1.37 bits per heavy atom. The third kappa shape index (κ3) is 5.76.